The first kappa shape index (κ1) is 22.9. The summed E-state index contributed by atoms with van der Waals surface area (Å²) in [5.41, 5.74) is 6.84. The van der Waals surface area contributed by atoms with E-state index in [9.17, 15) is 22.4 Å². The van der Waals surface area contributed by atoms with Crippen molar-refractivity contribution in [1.29, 1.82) is 0 Å². The van der Waals surface area contributed by atoms with Crippen molar-refractivity contribution in [1.82, 2.24) is 4.90 Å². The van der Waals surface area contributed by atoms with Crippen LogP contribution >= 0.6 is 11.3 Å². The molecule has 2 amide bonds. The number of nitrogens with one attached hydrogen (secondary N) is 2. The molecule has 0 atom stereocenters. The molecule has 33 heavy (non-hydrogen) atoms. The Hall–Kier alpha value is -3.28. The number of para-hydroxylation sites is 1. The Labute approximate surface area is 194 Å². The Bertz CT molecular complexity index is 1340. The number of nitrogens with two attached hydrogens (primary N) is 1. The first-order valence-electron chi connectivity index (χ1n) is 9.97. The number of benzene rings is 2. The lowest BCUT2D eigenvalue weighted by molar-refractivity contribution is 0.1000. The molecule has 0 aliphatic carbocycles. The van der Waals surface area contributed by atoms with Crippen molar-refractivity contribution in [2.45, 2.75) is 17.9 Å². The van der Waals surface area contributed by atoms with Crippen LogP contribution in [0.1, 0.15) is 31.2 Å². The van der Waals surface area contributed by atoms with E-state index in [-0.39, 0.29) is 16.1 Å². The molecule has 0 bridgehead atoms. The molecule has 0 saturated heterocycles. The van der Waals surface area contributed by atoms with Crippen molar-refractivity contribution < 1.29 is 22.4 Å². The van der Waals surface area contributed by atoms with E-state index in [1.807, 2.05) is 7.05 Å². The third-order valence-electron chi connectivity index (χ3n) is 5.26. The fourth-order valence-corrected chi connectivity index (χ4v) is 6.05. The summed E-state index contributed by atoms with van der Waals surface area (Å²) in [4.78, 5) is 28.2. The maximum atomic E-state index is 13.2. The smallest absolute Gasteiger partial charge is 0.261 e. The number of hydrogen-bond donors (Lipinski definition) is 3. The van der Waals surface area contributed by atoms with E-state index < -0.39 is 27.7 Å². The number of sulfonamides is 1. The molecule has 1 aliphatic rings. The first-order valence-corrected chi connectivity index (χ1v) is 12.3. The molecule has 3 aromatic rings. The molecule has 0 saturated carbocycles. The number of halogens is 1. The highest BCUT2D eigenvalue weighted by molar-refractivity contribution is 7.92. The number of primary amides is 1. The number of likely N-dealkylation sites (N-methyl/N-ethyl adjacent to an activating group) is 1. The minimum atomic E-state index is -4.06. The van der Waals surface area contributed by atoms with Gasteiger partial charge in [-0.1, -0.05) is 12.1 Å². The van der Waals surface area contributed by atoms with Crippen LogP contribution in [0.25, 0.3) is 0 Å². The van der Waals surface area contributed by atoms with Crippen LogP contribution in [-0.4, -0.2) is 38.7 Å². The van der Waals surface area contributed by atoms with Crippen molar-refractivity contribution in [2.24, 2.45) is 5.73 Å². The van der Waals surface area contributed by atoms with E-state index in [0.717, 1.165) is 41.3 Å². The average molecular weight is 489 g/mol. The van der Waals surface area contributed by atoms with Gasteiger partial charge in [-0.25, -0.2) is 12.8 Å². The van der Waals surface area contributed by atoms with Gasteiger partial charge in [-0.3, -0.25) is 14.3 Å². The number of thiophene rings is 1. The summed E-state index contributed by atoms with van der Waals surface area (Å²) in [5.74, 6) is -1.79. The van der Waals surface area contributed by atoms with Gasteiger partial charge in [-0.15, -0.1) is 11.3 Å². The largest absolute Gasteiger partial charge is 0.365 e. The maximum absolute atomic E-state index is 13.2. The van der Waals surface area contributed by atoms with Gasteiger partial charge in [0.2, 0.25) is 0 Å². The minimum absolute atomic E-state index is 0.0426. The number of fused-ring (bicyclic) bond motifs is 1. The second-order valence-electron chi connectivity index (χ2n) is 7.62. The first-order chi connectivity index (χ1) is 15.7. The molecule has 11 heteroatoms. The summed E-state index contributed by atoms with van der Waals surface area (Å²) < 4.78 is 41.0. The number of hydrogen-bond acceptors (Lipinski definition) is 6. The monoisotopic (exact) mass is 488 g/mol. The molecule has 1 aliphatic heterocycles. The van der Waals surface area contributed by atoms with E-state index in [4.69, 9.17) is 5.73 Å². The Kier molecular flexibility index (Phi) is 6.19. The van der Waals surface area contributed by atoms with Crippen LogP contribution in [0.5, 0.6) is 0 Å². The van der Waals surface area contributed by atoms with Gasteiger partial charge in [-0.05, 0) is 55.4 Å². The van der Waals surface area contributed by atoms with Crippen LogP contribution in [0, 0.1) is 5.82 Å². The summed E-state index contributed by atoms with van der Waals surface area (Å²) >= 11 is 1.29. The van der Waals surface area contributed by atoms with Gasteiger partial charge >= 0.3 is 0 Å². The number of amides is 2. The van der Waals surface area contributed by atoms with E-state index in [1.54, 1.807) is 12.1 Å². The van der Waals surface area contributed by atoms with Crippen LogP contribution in [0.4, 0.5) is 15.1 Å². The van der Waals surface area contributed by atoms with Crippen LogP contribution in [-0.2, 0) is 23.0 Å². The van der Waals surface area contributed by atoms with Crippen molar-refractivity contribution in [3.05, 3.63) is 75.9 Å². The molecule has 1 aromatic heterocycles. The quantitative estimate of drug-likeness (QED) is 0.492. The van der Waals surface area contributed by atoms with Crippen LogP contribution in [0.3, 0.4) is 0 Å². The zero-order valence-electron chi connectivity index (χ0n) is 17.6. The third kappa shape index (κ3) is 4.75. The van der Waals surface area contributed by atoms with Crippen molar-refractivity contribution in [3.8, 4) is 0 Å². The van der Waals surface area contributed by atoms with Gasteiger partial charge in [0.1, 0.15) is 10.8 Å². The van der Waals surface area contributed by atoms with Crippen LogP contribution in [0.15, 0.2) is 53.4 Å². The normalized spacial score (nSPS) is 13.9. The highest BCUT2D eigenvalue weighted by Crippen LogP contribution is 2.37. The van der Waals surface area contributed by atoms with Crippen molar-refractivity contribution in [3.63, 3.8) is 0 Å². The fourth-order valence-electron chi connectivity index (χ4n) is 3.64. The van der Waals surface area contributed by atoms with Crippen molar-refractivity contribution >= 4 is 43.9 Å². The topological polar surface area (TPSA) is 122 Å². The Morgan fingerprint density at radius 1 is 1.12 bits per heavy atom. The summed E-state index contributed by atoms with van der Waals surface area (Å²) in [6, 6.07) is 10.4. The van der Waals surface area contributed by atoms with E-state index >= 15 is 0 Å². The van der Waals surface area contributed by atoms with Gasteiger partial charge in [-0.2, -0.15) is 0 Å². The third-order valence-corrected chi connectivity index (χ3v) is 7.77. The summed E-state index contributed by atoms with van der Waals surface area (Å²) in [7, 11) is -2.10. The number of rotatable bonds is 6. The average Bonchev–Trinajstić information content (AvgIpc) is 3.11. The van der Waals surface area contributed by atoms with E-state index in [1.165, 1.54) is 23.5 Å². The molecule has 172 valence electrons. The van der Waals surface area contributed by atoms with Gasteiger partial charge < -0.3 is 16.0 Å². The van der Waals surface area contributed by atoms with Gasteiger partial charge in [0, 0.05) is 18.0 Å². The minimum Gasteiger partial charge on any atom is -0.365 e. The molecule has 2 aromatic carbocycles. The Morgan fingerprint density at radius 2 is 1.82 bits per heavy atom. The van der Waals surface area contributed by atoms with E-state index in [2.05, 4.69) is 14.9 Å². The van der Waals surface area contributed by atoms with E-state index in [0.29, 0.717) is 23.5 Å². The molecule has 0 unspecified atom stereocenters. The van der Waals surface area contributed by atoms with Gasteiger partial charge in [0.25, 0.3) is 21.8 Å². The number of anilines is 2. The number of carbonyl (C=O) groups is 2. The Balaban J connectivity index is 1.63. The second-order valence-corrected chi connectivity index (χ2v) is 10.4. The summed E-state index contributed by atoms with van der Waals surface area (Å²) in [6.07, 6.45) is 0.643. The van der Waals surface area contributed by atoms with Crippen LogP contribution in [0.2, 0.25) is 0 Å². The lowest BCUT2D eigenvalue weighted by atomic mass is 10.0. The highest BCUT2D eigenvalue weighted by atomic mass is 32.2. The molecular formula is C22H21FN4O4S2. The lowest BCUT2D eigenvalue weighted by Gasteiger charge is -2.22. The predicted molar refractivity (Wildman–Crippen MR) is 124 cm³/mol. The predicted octanol–water partition coefficient (Wildman–Crippen LogP) is 3.03. The molecule has 4 rings (SSSR count). The van der Waals surface area contributed by atoms with Gasteiger partial charge in [0.05, 0.1) is 21.7 Å². The molecule has 0 spiro atoms. The summed E-state index contributed by atoms with van der Waals surface area (Å²) in [5, 5.41) is 3.07. The molecule has 4 N–H and O–H groups in total. The fraction of sp³-hybridized carbons (Fsp3) is 0.182. The molecule has 2 heterocycles. The number of carbonyl (C=O) groups excluding carboxylic acids is 2. The van der Waals surface area contributed by atoms with Crippen LogP contribution < -0.4 is 15.8 Å². The number of nitrogens with zero attached hydrogens (tertiary/aromatic N) is 1. The summed E-state index contributed by atoms with van der Waals surface area (Å²) in [6.45, 7) is 1.41. The zero-order chi connectivity index (χ0) is 23.8. The SMILES string of the molecule is CN1CCc2c(sc(NC(=O)c3ccccc3NS(=O)(=O)c3ccc(F)cc3)c2C(N)=O)C1. The zero-order valence-corrected chi connectivity index (χ0v) is 19.2. The maximum Gasteiger partial charge on any atom is 0.261 e. The molecule has 8 nitrogen and oxygen atoms in total. The van der Waals surface area contributed by atoms with Gasteiger partial charge in [0.15, 0.2) is 0 Å². The highest BCUT2D eigenvalue weighted by Gasteiger charge is 2.27. The second kappa shape index (κ2) is 8.93. The molecule has 0 fully saturated rings. The molecular weight excluding hydrogens is 467 g/mol. The molecule has 0 radical (unpaired) electrons. The van der Waals surface area contributed by atoms with Crippen molar-refractivity contribution in [2.75, 3.05) is 23.6 Å². The standard InChI is InChI=1S/C22H21FN4O4S2/c1-27-11-10-16-18(12-27)32-22(19(16)20(24)28)25-21(29)15-4-2-3-5-17(15)26-33(30,31)14-8-6-13(23)7-9-14/h2-9,26H,10-12H2,1H3,(H2,24,28)(H,25,29). The lowest BCUT2D eigenvalue weighted by Crippen LogP contribution is -2.27. The Morgan fingerprint density at radius 3 is 2.52 bits per heavy atom.